The van der Waals surface area contributed by atoms with Gasteiger partial charge < -0.3 is 25.0 Å². The largest absolute Gasteiger partial charge is 0.390 e. The summed E-state index contributed by atoms with van der Waals surface area (Å²) in [5.41, 5.74) is 4.72. The van der Waals surface area contributed by atoms with Crippen molar-refractivity contribution < 1.29 is 14.2 Å². The average molecular weight is 505 g/mol. The second-order valence-corrected chi connectivity index (χ2v) is 10.00. The van der Waals surface area contributed by atoms with Crippen molar-refractivity contribution in [3.8, 4) is 6.07 Å². The maximum atomic E-state index is 15.0. The van der Waals surface area contributed by atoms with Gasteiger partial charge in [-0.2, -0.15) is 5.26 Å². The molecule has 4 heterocycles. The fraction of sp³-hybridized carbons (Fsp3) is 0.464. The number of ether oxygens (including phenoxy) is 1. The van der Waals surface area contributed by atoms with Crippen molar-refractivity contribution in [3.05, 3.63) is 59.5 Å². The van der Waals surface area contributed by atoms with Crippen LogP contribution in [0.5, 0.6) is 0 Å². The van der Waals surface area contributed by atoms with Crippen molar-refractivity contribution in [1.29, 1.82) is 5.26 Å². The molecule has 0 aliphatic carbocycles. The number of rotatable bonds is 6. The van der Waals surface area contributed by atoms with Gasteiger partial charge in [0.1, 0.15) is 12.2 Å². The van der Waals surface area contributed by atoms with Crippen LogP contribution in [0.15, 0.2) is 42.6 Å². The zero-order chi connectivity index (χ0) is 25.9. The molecule has 0 unspecified atom stereocenters. The quantitative estimate of drug-likeness (QED) is 0.529. The van der Waals surface area contributed by atoms with Crippen molar-refractivity contribution >= 4 is 22.3 Å². The molecule has 37 heavy (non-hydrogen) atoms. The average Bonchev–Trinajstić information content (AvgIpc) is 2.91. The summed E-state index contributed by atoms with van der Waals surface area (Å²) < 4.78 is 21.2. The normalized spacial score (nSPS) is 24.3. The minimum atomic E-state index is -0.942. The number of fused-ring (bicyclic) bond motifs is 1. The number of aromatic nitrogens is 2. The van der Waals surface area contributed by atoms with E-state index in [0.717, 1.165) is 29.0 Å². The lowest BCUT2D eigenvalue weighted by Crippen LogP contribution is -2.56. The monoisotopic (exact) mass is 504 g/mol. The van der Waals surface area contributed by atoms with Gasteiger partial charge in [-0.15, -0.1) is 0 Å². The number of aliphatic hydroxyl groups excluding tert-OH is 1. The molecular formula is C28H33FN6O2. The van der Waals surface area contributed by atoms with E-state index in [1.807, 2.05) is 50.2 Å². The van der Waals surface area contributed by atoms with Crippen LogP contribution < -0.4 is 15.1 Å². The first kappa shape index (κ1) is 25.3. The fourth-order valence-corrected chi connectivity index (χ4v) is 5.49. The molecule has 2 fully saturated rings. The summed E-state index contributed by atoms with van der Waals surface area (Å²) >= 11 is 0. The molecule has 2 aliphatic rings. The third kappa shape index (κ3) is 5.52. The topological polar surface area (TPSA) is 97.5 Å². The van der Waals surface area contributed by atoms with Gasteiger partial charge in [0, 0.05) is 61.4 Å². The molecule has 194 valence electrons. The maximum Gasteiger partial charge on any atom is 0.119 e. The first-order chi connectivity index (χ1) is 17.9. The van der Waals surface area contributed by atoms with E-state index >= 15 is 0 Å². The highest BCUT2D eigenvalue weighted by atomic mass is 19.1. The van der Waals surface area contributed by atoms with E-state index in [0.29, 0.717) is 49.4 Å². The van der Waals surface area contributed by atoms with Crippen molar-refractivity contribution in [2.75, 3.05) is 42.5 Å². The Morgan fingerprint density at radius 1 is 1.22 bits per heavy atom. The number of hydrogen-bond acceptors (Lipinski definition) is 8. The predicted octanol–water partition coefficient (Wildman–Crippen LogP) is 3.10. The number of halogens is 1. The molecule has 2 N–H and O–H groups in total. The highest BCUT2D eigenvalue weighted by Gasteiger charge is 2.32. The molecule has 0 saturated carbocycles. The summed E-state index contributed by atoms with van der Waals surface area (Å²) in [5, 5.41) is 23.4. The molecule has 4 atom stereocenters. The van der Waals surface area contributed by atoms with Crippen LogP contribution in [0.3, 0.4) is 0 Å². The smallest absolute Gasteiger partial charge is 0.119 e. The summed E-state index contributed by atoms with van der Waals surface area (Å²) in [6.45, 7) is 6.91. The number of hydrogen-bond donors (Lipinski definition) is 2. The third-order valence-corrected chi connectivity index (χ3v) is 7.19. The van der Waals surface area contributed by atoms with Gasteiger partial charge in [0.05, 0.1) is 41.6 Å². The number of anilines is 2. The predicted molar refractivity (Wildman–Crippen MR) is 141 cm³/mol. The van der Waals surface area contributed by atoms with Crippen LogP contribution in [0.1, 0.15) is 30.3 Å². The highest BCUT2D eigenvalue weighted by molar-refractivity contribution is 5.95. The van der Waals surface area contributed by atoms with Gasteiger partial charge in [0.25, 0.3) is 0 Å². The summed E-state index contributed by atoms with van der Waals surface area (Å²) in [6.07, 6.45) is 1.09. The second-order valence-electron chi connectivity index (χ2n) is 10.00. The molecule has 2 saturated heterocycles. The molecule has 0 amide bonds. The minimum Gasteiger partial charge on any atom is -0.390 e. The Bertz CT molecular complexity index is 1300. The third-order valence-electron chi connectivity index (χ3n) is 7.19. The maximum absolute atomic E-state index is 15.0. The molecule has 5 rings (SSSR count). The molecule has 2 aromatic heterocycles. The Morgan fingerprint density at radius 3 is 2.89 bits per heavy atom. The second kappa shape index (κ2) is 11.0. The van der Waals surface area contributed by atoms with Crippen molar-refractivity contribution in [2.45, 2.75) is 51.3 Å². The zero-order valence-corrected chi connectivity index (χ0v) is 21.3. The van der Waals surface area contributed by atoms with E-state index < -0.39 is 6.17 Å². The first-order valence-electron chi connectivity index (χ1n) is 12.8. The fourth-order valence-electron chi connectivity index (χ4n) is 5.49. The van der Waals surface area contributed by atoms with E-state index in [-0.39, 0.29) is 24.9 Å². The summed E-state index contributed by atoms with van der Waals surface area (Å²) in [4.78, 5) is 13.2. The van der Waals surface area contributed by atoms with E-state index in [1.54, 1.807) is 6.20 Å². The molecule has 0 bridgehead atoms. The number of morpholine rings is 1. The number of nitriles is 1. The summed E-state index contributed by atoms with van der Waals surface area (Å²) in [5.74, 6) is 0. The van der Waals surface area contributed by atoms with Crippen LogP contribution in [0.4, 0.5) is 15.8 Å². The van der Waals surface area contributed by atoms with Gasteiger partial charge in [-0.3, -0.25) is 9.97 Å². The van der Waals surface area contributed by atoms with Gasteiger partial charge >= 0.3 is 0 Å². The highest BCUT2D eigenvalue weighted by Crippen LogP contribution is 2.30. The Balaban J connectivity index is 1.27. The minimum absolute atomic E-state index is 0.00337. The van der Waals surface area contributed by atoms with Crippen LogP contribution in [0, 0.1) is 18.3 Å². The molecule has 0 spiro atoms. The molecule has 1 aromatic carbocycles. The molecule has 3 aromatic rings. The van der Waals surface area contributed by atoms with Crippen molar-refractivity contribution in [1.82, 2.24) is 15.3 Å². The van der Waals surface area contributed by atoms with Gasteiger partial charge in [0.2, 0.25) is 0 Å². The lowest BCUT2D eigenvalue weighted by Gasteiger charge is -2.41. The van der Waals surface area contributed by atoms with E-state index in [2.05, 4.69) is 31.2 Å². The number of benzene rings is 1. The number of nitrogens with zero attached hydrogens (tertiary/aromatic N) is 5. The SMILES string of the molecule is Cc1cc(N2CC[C@@H](F)[C@H](NC[C@H]3CN(c4ccc(C#N)c5ncccc45)C[C@@H](C)O3)C2)cc(CO)n1. The summed E-state index contributed by atoms with van der Waals surface area (Å²) in [6, 6.07) is 13.5. The first-order valence-corrected chi connectivity index (χ1v) is 12.8. The van der Waals surface area contributed by atoms with Crippen LogP contribution in [0.2, 0.25) is 0 Å². The molecular weight excluding hydrogens is 471 g/mol. The van der Waals surface area contributed by atoms with Crippen LogP contribution in [-0.4, -0.2) is 72.2 Å². The lowest BCUT2D eigenvalue weighted by atomic mass is 10.0. The van der Waals surface area contributed by atoms with Gasteiger partial charge in [-0.1, -0.05) is 0 Å². The summed E-state index contributed by atoms with van der Waals surface area (Å²) in [7, 11) is 0. The van der Waals surface area contributed by atoms with Gasteiger partial charge in [-0.05, 0) is 56.7 Å². The molecule has 2 aliphatic heterocycles. The number of aliphatic hydroxyl groups is 1. The van der Waals surface area contributed by atoms with Crippen LogP contribution in [-0.2, 0) is 11.3 Å². The van der Waals surface area contributed by atoms with E-state index in [9.17, 15) is 14.8 Å². The van der Waals surface area contributed by atoms with E-state index in [4.69, 9.17) is 4.74 Å². The number of piperidine rings is 1. The van der Waals surface area contributed by atoms with Crippen LogP contribution >= 0.6 is 0 Å². The number of pyridine rings is 2. The van der Waals surface area contributed by atoms with E-state index in [1.165, 1.54) is 0 Å². The molecule has 0 radical (unpaired) electrons. The Hall–Kier alpha value is -3.32. The van der Waals surface area contributed by atoms with Crippen LogP contribution in [0.25, 0.3) is 10.9 Å². The van der Waals surface area contributed by atoms with Gasteiger partial charge in [-0.25, -0.2) is 4.39 Å². The lowest BCUT2D eigenvalue weighted by molar-refractivity contribution is -0.0171. The Morgan fingerprint density at radius 2 is 2.08 bits per heavy atom. The standard InChI is InChI=1S/C28H33FN6O2/c1-18-10-22(11-21(17-36)33-18)34-9-7-25(29)26(16-34)32-13-23-15-35(14-19(2)37-23)27-6-5-20(12-30)28-24(27)4-3-8-31-28/h3-6,8,10-11,19,23,25-26,32,36H,7,9,13-17H2,1-2H3/t19-,23+,25-,26-/m1/s1. The van der Waals surface area contributed by atoms with Gasteiger partial charge in [0.15, 0.2) is 0 Å². The molecule has 8 nitrogen and oxygen atoms in total. The van der Waals surface area contributed by atoms with Crippen molar-refractivity contribution in [3.63, 3.8) is 0 Å². The Kier molecular flexibility index (Phi) is 7.51. The number of aryl methyl sites for hydroxylation is 1. The zero-order valence-electron chi connectivity index (χ0n) is 21.3. The molecule has 9 heteroatoms. The number of alkyl halides is 1. The Labute approximate surface area is 216 Å². The number of nitrogens with one attached hydrogen (secondary N) is 1. The van der Waals surface area contributed by atoms with Crippen molar-refractivity contribution in [2.24, 2.45) is 0 Å².